The summed E-state index contributed by atoms with van der Waals surface area (Å²) in [6.45, 7) is 6.80. The summed E-state index contributed by atoms with van der Waals surface area (Å²) in [5.41, 5.74) is 8.21. The molecule has 0 amide bonds. The van der Waals surface area contributed by atoms with Crippen LogP contribution >= 0.6 is 0 Å². The van der Waals surface area contributed by atoms with Crippen molar-refractivity contribution in [2.45, 2.75) is 33.2 Å². The zero-order valence-electron chi connectivity index (χ0n) is 9.21. The summed E-state index contributed by atoms with van der Waals surface area (Å²) in [5, 5.41) is 0. The first kappa shape index (κ1) is 11.1. The molecule has 0 aliphatic rings. The molecule has 14 heavy (non-hydrogen) atoms. The monoisotopic (exact) mass is 193 g/mol. The fraction of sp³-hybridized carbons (Fsp3) is 0.500. The first-order valence-corrected chi connectivity index (χ1v) is 5.09. The van der Waals surface area contributed by atoms with Crippen LogP contribution in [0, 0.1) is 13.8 Å². The van der Waals surface area contributed by atoms with Gasteiger partial charge in [0.1, 0.15) is 12.4 Å². The molecule has 0 saturated heterocycles. The minimum absolute atomic E-state index is 0.135. The normalized spacial score (nSPS) is 12.6. The molecule has 2 nitrogen and oxygen atoms in total. The SMILES string of the molecule is CCC(N)COc1ccc(C)cc1C. The molecule has 1 aromatic carbocycles. The van der Waals surface area contributed by atoms with E-state index in [1.54, 1.807) is 0 Å². The van der Waals surface area contributed by atoms with Gasteiger partial charge in [0, 0.05) is 6.04 Å². The van der Waals surface area contributed by atoms with Crippen LogP contribution in [0.1, 0.15) is 24.5 Å². The van der Waals surface area contributed by atoms with Crippen LogP contribution in [0.25, 0.3) is 0 Å². The fourth-order valence-corrected chi connectivity index (χ4v) is 1.28. The molecule has 0 aliphatic carbocycles. The summed E-state index contributed by atoms with van der Waals surface area (Å²) >= 11 is 0. The smallest absolute Gasteiger partial charge is 0.122 e. The quantitative estimate of drug-likeness (QED) is 0.797. The molecular formula is C12H19NO. The highest BCUT2D eigenvalue weighted by molar-refractivity contribution is 5.35. The Hall–Kier alpha value is -1.02. The number of aryl methyl sites for hydroxylation is 2. The number of hydrogen-bond acceptors (Lipinski definition) is 2. The van der Waals surface area contributed by atoms with Gasteiger partial charge in [0.25, 0.3) is 0 Å². The van der Waals surface area contributed by atoms with Gasteiger partial charge in [-0.25, -0.2) is 0 Å². The van der Waals surface area contributed by atoms with Crippen LogP contribution in [0.15, 0.2) is 18.2 Å². The van der Waals surface area contributed by atoms with Crippen molar-refractivity contribution in [2.24, 2.45) is 5.73 Å². The van der Waals surface area contributed by atoms with E-state index in [-0.39, 0.29) is 6.04 Å². The first-order valence-electron chi connectivity index (χ1n) is 5.09. The van der Waals surface area contributed by atoms with Crippen molar-refractivity contribution < 1.29 is 4.74 Å². The first-order chi connectivity index (χ1) is 6.63. The maximum atomic E-state index is 5.78. The summed E-state index contributed by atoms with van der Waals surface area (Å²) < 4.78 is 5.62. The molecular weight excluding hydrogens is 174 g/mol. The predicted octanol–water partition coefficient (Wildman–Crippen LogP) is 2.42. The Morgan fingerprint density at radius 2 is 2.07 bits per heavy atom. The Balaban J connectivity index is 2.59. The second-order valence-corrected chi connectivity index (χ2v) is 3.75. The van der Waals surface area contributed by atoms with Crippen molar-refractivity contribution in [1.29, 1.82) is 0 Å². The topological polar surface area (TPSA) is 35.2 Å². The molecule has 0 radical (unpaired) electrons. The maximum absolute atomic E-state index is 5.78. The number of hydrogen-bond donors (Lipinski definition) is 1. The third-order valence-electron chi connectivity index (χ3n) is 2.31. The van der Waals surface area contributed by atoms with Crippen LogP contribution in [0.2, 0.25) is 0 Å². The standard InChI is InChI=1S/C12H19NO/c1-4-11(13)8-14-12-6-5-9(2)7-10(12)3/h5-7,11H,4,8,13H2,1-3H3. The van der Waals surface area contributed by atoms with E-state index >= 15 is 0 Å². The van der Waals surface area contributed by atoms with E-state index in [1.807, 2.05) is 6.07 Å². The fourth-order valence-electron chi connectivity index (χ4n) is 1.28. The Bertz CT molecular complexity index is 296. The highest BCUT2D eigenvalue weighted by Gasteiger charge is 2.02. The largest absolute Gasteiger partial charge is 0.492 e. The van der Waals surface area contributed by atoms with Gasteiger partial charge in [-0.3, -0.25) is 0 Å². The molecule has 78 valence electrons. The van der Waals surface area contributed by atoms with Gasteiger partial charge < -0.3 is 10.5 Å². The zero-order chi connectivity index (χ0) is 10.6. The van der Waals surface area contributed by atoms with Crippen LogP contribution in [-0.4, -0.2) is 12.6 Å². The van der Waals surface area contributed by atoms with Crippen molar-refractivity contribution in [3.63, 3.8) is 0 Å². The van der Waals surface area contributed by atoms with E-state index in [2.05, 4.69) is 32.9 Å². The second-order valence-electron chi connectivity index (χ2n) is 3.75. The molecule has 1 aromatic rings. The molecule has 0 spiro atoms. The number of rotatable bonds is 4. The third kappa shape index (κ3) is 3.04. The Morgan fingerprint density at radius 1 is 1.36 bits per heavy atom. The van der Waals surface area contributed by atoms with Crippen molar-refractivity contribution in [2.75, 3.05) is 6.61 Å². The average molecular weight is 193 g/mol. The molecule has 2 N–H and O–H groups in total. The maximum Gasteiger partial charge on any atom is 0.122 e. The van der Waals surface area contributed by atoms with Crippen molar-refractivity contribution in [3.05, 3.63) is 29.3 Å². The lowest BCUT2D eigenvalue weighted by Gasteiger charge is -2.13. The van der Waals surface area contributed by atoms with Crippen LogP contribution < -0.4 is 10.5 Å². The van der Waals surface area contributed by atoms with Crippen LogP contribution in [0.4, 0.5) is 0 Å². The van der Waals surface area contributed by atoms with E-state index in [4.69, 9.17) is 10.5 Å². The Labute approximate surface area is 86.1 Å². The van der Waals surface area contributed by atoms with E-state index in [0.29, 0.717) is 6.61 Å². The molecule has 1 unspecified atom stereocenters. The van der Waals surface area contributed by atoms with E-state index in [9.17, 15) is 0 Å². The van der Waals surface area contributed by atoms with E-state index < -0.39 is 0 Å². The molecule has 1 rings (SSSR count). The lowest BCUT2D eigenvalue weighted by molar-refractivity contribution is 0.283. The molecule has 0 aromatic heterocycles. The molecule has 0 saturated carbocycles. The number of benzene rings is 1. The molecule has 2 heteroatoms. The summed E-state index contributed by atoms with van der Waals surface area (Å²) in [7, 11) is 0. The van der Waals surface area contributed by atoms with Gasteiger partial charge >= 0.3 is 0 Å². The van der Waals surface area contributed by atoms with Gasteiger partial charge in [-0.05, 0) is 31.9 Å². The van der Waals surface area contributed by atoms with Gasteiger partial charge in [-0.1, -0.05) is 24.6 Å². The molecule has 0 bridgehead atoms. The van der Waals surface area contributed by atoms with Gasteiger partial charge in [0.05, 0.1) is 0 Å². The van der Waals surface area contributed by atoms with Gasteiger partial charge in [0.15, 0.2) is 0 Å². The number of nitrogens with two attached hydrogens (primary N) is 1. The highest BCUT2D eigenvalue weighted by Crippen LogP contribution is 2.18. The number of ether oxygens (including phenoxy) is 1. The lowest BCUT2D eigenvalue weighted by Crippen LogP contribution is -2.26. The van der Waals surface area contributed by atoms with E-state index in [1.165, 1.54) is 11.1 Å². The highest BCUT2D eigenvalue weighted by atomic mass is 16.5. The van der Waals surface area contributed by atoms with Gasteiger partial charge in [-0.2, -0.15) is 0 Å². The Morgan fingerprint density at radius 3 is 2.64 bits per heavy atom. The van der Waals surface area contributed by atoms with Crippen LogP contribution in [0.5, 0.6) is 5.75 Å². The summed E-state index contributed by atoms with van der Waals surface area (Å²) in [6.07, 6.45) is 0.949. The molecule has 1 atom stereocenters. The summed E-state index contributed by atoms with van der Waals surface area (Å²) in [4.78, 5) is 0. The molecule has 0 fully saturated rings. The van der Waals surface area contributed by atoms with Crippen LogP contribution in [-0.2, 0) is 0 Å². The zero-order valence-corrected chi connectivity index (χ0v) is 9.21. The van der Waals surface area contributed by atoms with Crippen molar-refractivity contribution in [1.82, 2.24) is 0 Å². The minimum Gasteiger partial charge on any atom is -0.492 e. The Kier molecular flexibility index (Phi) is 3.96. The summed E-state index contributed by atoms with van der Waals surface area (Å²) in [6, 6.07) is 6.32. The summed E-state index contributed by atoms with van der Waals surface area (Å²) in [5.74, 6) is 0.944. The minimum atomic E-state index is 0.135. The van der Waals surface area contributed by atoms with Crippen LogP contribution in [0.3, 0.4) is 0 Å². The third-order valence-corrected chi connectivity index (χ3v) is 2.31. The van der Waals surface area contributed by atoms with Gasteiger partial charge in [0.2, 0.25) is 0 Å². The lowest BCUT2D eigenvalue weighted by atomic mass is 10.1. The second kappa shape index (κ2) is 5.01. The molecule has 0 aliphatic heterocycles. The van der Waals surface area contributed by atoms with Crippen molar-refractivity contribution >= 4 is 0 Å². The molecule has 0 heterocycles. The average Bonchev–Trinajstić information content (AvgIpc) is 2.16. The van der Waals surface area contributed by atoms with Gasteiger partial charge in [-0.15, -0.1) is 0 Å². The van der Waals surface area contributed by atoms with Crippen molar-refractivity contribution in [3.8, 4) is 5.75 Å². The van der Waals surface area contributed by atoms with E-state index in [0.717, 1.165) is 12.2 Å². The predicted molar refractivity (Wildman–Crippen MR) is 59.7 cm³/mol.